The highest BCUT2D eigenvalue weighted by Crippen LogP contribution is 2.18. The van der Waals surface area contributed by atoms with E-state index in [1.165, 1.54) is 0 Å². The standard InChI is InChI=1S/C15H27N7O/c1-3-13-21-19-11-22(13)10-9-18-15(16-2)17-8-4-5-14(23)20-12-6-7-12/h11-12H,3-10H2,1-2H3,(H,20,23)(H2,16,17,18). The smallest absolute Gasteiger partial charge is 0.220 e. The van der Waals surface area contributed by atoms with Gasteiger partial charge in [-0.15, -0.1) is 10.2 Å². The van der Waals surface area contributed by atoms with E-state index in [2.05, 4.69) is 38.1 Å². The highest BCUT2D eigenvalue weighted by atomic mass is 16.1. The number of hydrogen-bond acceptors (Lipinski definition) is 4. The first-order valence-electron chi connectivity index (χ1n) is 8.33. The van der Waals surface area contributed by atoms with Crippen LogP contribution in [0.15, 0.2) is 11.3 Å². The molecule has 8 nitrogen and oxygen atoms in total. The van der Waals surface area contributed by atoms with Gasteiger partial charge >= 0.3 is 0 Å². The molecular formula is C15H27N7O. The van der Waals surface area contributed by atoms with E-state index in [1.807, 2.05) is 4.57 Å². The molecule has 0 radical (unpaired) electrons. The van der Waals surface area contributed by atoms with Gasteiger partial charge in [-0.25, -0.2) is 0 Å². The number of nitrogens with one attached hydrogen (secondary N) is 3. The minimum Gasteiger partial charge on any atom is -0.356 e. The number of aliphatic imine (C=N–C) groups is 1. The van der Waals surface area contributed by atoms with Gasteiger partial charge in [-0.05, 0) is 19.3 Å². The van der Waals surface area contributed by atoms with Gasteiger partial charge in [0.25, 0.3) is 0 Å². The fraction of sp³-hybridized carbons (Fsp3) is 0.733. The Labute approximate surface area is 137 Å². The zero-order valence-electron chi connectivity index (χ0n) is 14.0. The Morgan fingerprint density at radius 1 is 1.39 bits per heavy atom. The van der Waals surface area contributed by atoms with Crippen LogP contribution in [0, 0.1) is 0 Å². The van der Waals surface area contributed by atoms with E-state index in [0.29, 0.717) is 12.5 Å². The second kappa shape index (κ2) is 9.12. The highest BCUT2D eigenvalue weighted by molar-refractivity contribution is 5.79. The Balaban J connectivity index is 1.56. The van der Waals surface area contributed by atoms with E-state index < -0.39 is 0 Å². The van der Waals surface area contributed by atoms with Gasteiger partial charge in [0, 0.05) is 45.6 Å². The summed E-state index contributed by atoms with van der Waals surface area (Å²) in [5.41, 5.74) is 0. The van der Waals surface area contributed by atoms with Crippen molar-refractivity contribution in [1.29, 1.82) is 0 Å². The summed E-state index contributed by atoms with van der Waals surface area (Å²) in [7, 11) is 1.74. The van der Waals surface area contributed by atoms with Gasteiger partial charge in [-0.2, -0.15) is 0 Å². The Morgan fingerprint density at radius 2 is 2.17 bits per heavy atom. The largest absolute Gasteiger partial charge is 0.356 e. The van der Waals surface area contributed by atoms with Crippen molar-refractivity contribution in [3.8, 4) is 0 Å². The maximum atomic E-state index is 11.6. The Hall–Kier alpha value is -2.12. The molecule has 1 fully saturated rings. The maximum absolute atomic E-state index is 11.6. The fourth-order valence-corrected chi connectivity index (χ4v) is 2.24. The Bertz CT molecular complexity index is 522. The van der Waals surface area contributed by atoms with Crippen LogP contribution in [0.1, 0.15) is 38.4 Å². The van der Waals surface area contributed by atoms with E-state index in [1.54, 1.807) is 13.4 Å². The third-order valence-electron chi connectivity index (χ3n) is 3.70. The summed E-state index contributed by atoms with van der Waals surface area (Å²) >= 11 is 0. The van der Waals surface area contributed by atoms with Crippen LogP contribution in [-0.4, -0.2) is 52.8 Å². The van der Waals surface area contributed by atoms with Crippen LogP contribution >= 0.6 is 0 Å². The molecule has 0 aromatic carbocycles. The van der Waals surface area contributed by atoms with E-state index in [4.69, 9.17) is 0 Å². The molecule has 8 heteroatoms. The summed E-state index contributed by atoms with van der Waals surface area (Å²) < 4.78 is 2.03. The van der Waals surface area contributed by atoms with Gasteiger partial charge in [0.15, 0.2) is 5.96 Å². The molecule has 1 aromatic heterocycles. The van der Waals surface area contributed by atoms with Crippen LogP contribution in [0.5, 0.6) is 0 Å². The first kappa shape index (κ1) is 17.2. The van der Waals surface area contributed by atoms with Gasteiger partial charge in [0.05, 0.1) is 0 Å². The first-order valence-corrected chi connectivity index (χ1v) is 8.33. The predicted molar refractivity (Wildman–Crippen MR) is 89.2 cm³/mol. The number of amides is 1. The normalized spacial score (nSPS) is 14.6. The average Bonchev–Trinajstić information content (AvgIpc) is 3.24. The quantitative estimate of drug-likeness (QED) is 0.340. The second-order valence-corrected chi connectivity index (χ2v) is 5.67. The highest BCUT2D eigenvalue weighted by Gasteiger charge is 2.22. The molecule has 23 heavy (non-hydrogen) atoms. The van der Waals surface area contributed by atoms with Crippen molar-refractivity contribution in [2.24, 2.45) is 4.99 Å². The molecule has 1 saturated carbocycles. The van der Waals surface area contributed by atoms with Crippen molar-refractivity contribution in [2.45, 2.75) is 51.6 Å². The number of guanidine groups is 1. The van der Waals surface area contributed by atoms with Crippen molar-refractivity contribution >= 4 is 11.9 Å². The Morgan fingerprint density at radius 3 is 2.87 bits per heavy atom. The summed E-state index contributed by atoms with van der Waals surface area (Å²) in [4.78, 5) is 15.8. The molecule has 0 atom stereocenters. The van der Waals surface area contributed by atoms with E-state index >= 15 is 0 Å². The first-order chi connectivity index (χ1) is 11.2. The van der Waals surface area contributed by atoms with Crippen molar-refractivity contribution in [3.63, 3.8) is 0 Å². The molecule has 0 spiro atoms. The predicted octanol–water partition coefficient (Wildman–Crippen LogP) is 0.0643. The van der Waals surface area contributed by atoms with Crippen molar-refractivity contribution in [3.05, 3.63) is 12.2 Å². The van der Waals surface area contributed by atoms with Crippen molar-refractivity contribution in [2.75, 3.05) is 20.1 Å². The fourth-order valence-electron chi connectivity index (χ4n) is 2.24. The SMILES string of the molecule is CCc1nncn1CCNC(=NC)NCCCC(=O)NC1CC1. The average molecular weight is 321 g/mol. The van der Waals surface area contributed by atoms with E-state index in [-0.39, 0.29) is 5.91 Å². The van der Waals surface area contributed by atoms with Crippen LogP contribution in [0.25, 0.3) is 0 Å². The minimum atomic E-state index is 0.150. The summed E-state index contributed by atoms with van der Waals surface area (Å²) in [6.45, 7) is 4.33. The molecule has 1 heterocycles. The molecule has 0 aliphatic heterocycles. The van der Waals surface area contributed by atoms with Crippen LogP contribution in [-0.2, 0) is 17.8 Å². The number of carbonyl (C=O) groups excluding carboxylic acids is 1. The number of hydrogen-bond donors (Lipinski definition) is 3. The lowest BCUT2D eigenvalue weighted by Crippen LogP contribution is -2.39. The van der Waals surface area contributed by atoms with Gasteiger partial charge in [0.2, 0.25) is 5.91 Å². The van der Waals surface area contributed by atoms with Crippen LogP contribution in [0.2, 0.25) is 0 Å². The van der Waals surface area contributed by atoms with Crippen molar-refractivity contribution < 1.29 is 4.79 Å². The van der Waals surface area contributed by atoms with Crippen molar-refractivity contribution in [1.82, 2.24) is 30.7 Å². The van der Waals surface area contributed by atoms with Gasteiger partial charge in [0.1, 0.15) is 12.2 Å². The zero-order chi connectivity index (χ0) is 16.5. The monoisotopic (exact) mass is 321 g/mol. The minimum absolute atomic E-state index is 0.150. The molecule has 0 saturated heterocycles. The third kappa shape index (κ3) is 6.25. The molecule has 2 rings (SSSR count). The lowest BCUT2D eigenvalue weighted by molar-refractivity contribution is -0.121. The van der Waals surface area contributed by atoms with Gasteiger partial charge in [-0.1, -0.05) is 6.92 Å². The lowest BCUT2D eigenvalue weighted by Gasteiger charge is -2.12. The van der Waals surface area contributed by atoms with E-state index in [0.717, 1.165) is 57.1 Å². The summed E-state index contributed by atoms with van der Waals surface area (Å²) in [5, 5.41) is 17.4. The molecule has 3 N–H and O–H groups in total. The third-order valence-corrected chi connectivity index (χ3v) is 3.70. The zero-order valence-corrected chi connectivity index (χ0v) is 14.0. The number of aryl methyl sites for hydroxylation is 1. The van der Waals surface area contributed by atoms with Gasteiger partial charge in [-0.3, -0.25) is 9.79 Å². The molecule has 1 aliphatic rings. The van der Waals surface area contributed by atoms with Crippen LogP contribution in [0.4, 0.5) is 0 Å². The topological polar surface area (TPSA) is 96.2 Å². The molecule has 0 bridgehead atoms. The number of aromatic nitrogens is 3. The molecule has 128 valence electrons. The number of rotatable bonds is 9. The Kier molecular flexibility index (Phi) is 6.83. The van der Waals surface area contributed by atoms with Crippen LogP contribution in [0.3, 0.4) is 0 Å². The molecule has 1 aromatic rings. The number of nitrogens with zero attached hydrogens (tertiary/aromatic N) is 4. The second-order valence-electron chi connectivity index (χ2n) is 5.67. The summed E-state index contributed by atoms with van der Waals surface area (Å²) in [6, 6.07) is 0.440. The lowest BCUT2D eigenvalue weighted by atomic mass is 10.3. The molecule has 0 unspecified atom stereocenters. The molecular weight excluding hydrogens is 294 g/mol. The summed E-state index contributed by atoms with van der Waals surface area (Å²) in [6.07, 6.45) is 6.23. The van der Waals surface area contributed by atoms with E-state index in [9.17, 15) is 4.79 Å². The maximum Gasteiger partial charge on any atom is 0.220 e. The molecule has 1 amide bonds. The molecule has 1 aliphatic carbocycles. The summed E-state index contributed by atoms with van der Waals surface area (Å²) in [5.74, 6) is 1.88. The van der Waals surface area contributed by atoms with Crippen LogP contribution < -0.4 is 16.0 Å². The van der Waals surface area contributed by atoms with Gasteiger partial charge < -0.3 is 20.5 Å². The number of carbonyl (C=O) groups is 1.